The molecule has 0 amide bonds. The lowest BCUT2D eigenvalue weighted by Crippen LogP contribution is -2.10. The average Bonchev–Trinajstić information content (AvgIpc) is 2.71. The highest BCUT2D eigenvalue weighted by Crippen LogP contribution is 2.42. The lowest BCUT2D eigenvalue weighted by molar-refractivity contribution is 0.507. The summed E-state index contributed by atoms with van der Waals surface area (Å²) < 4.78 is 27.0. The Hall–Kier alpha value is -3.00. The minimum absolute atomic E-state index is 0.640. The maximum atomic E-state index is 13.7. The fourth-order valence-corrected chi connectivity index (χ4v) is 4.41. The molecular formula is C28H26F2. The molecule has 0 radical (unpaired) electrons. The van der Waals surface area contributed by atoms with Crippen LogP contribution in [0.15, 0.2) is 66.7 Å². The molecule has 0 N–H and O–H groups in total. The van der Waals surface area contributed by atoms with Gasteiger partial charge in [-0.15, -0.1) is 0 Å². The molecule has 3 aromatic rings. The van der Waals surface area contributed by atoms with Gasteiger partial charge in [0.05, 0.1) is 0 Å². The van der Waals surface area contributed by atoms with Gasteiger partial charge in [0.15, 0.2) is 11.6 Å². The second-order valence-electron chi connectivity index (χ2n) is 8.27. The van der Waals surface area contributed by atoms with Crippen LogP contribution >= 0.6 is 0 Å². The van der Waals surface area contributed by atoms with E-state index in [4.69, 9.17) is 0 Å². The van der Waals surface area contributed by atoms with Crippen molar-refractivity contribution >= 4 is 11.1 Å². The minimum Gasteiger partial charge on any atom is -0.204 e. The average molecular weight is 401 g/mol. The third-order valence-electron chi connectivity index (χ3n) is 6.26. The Bertz CT molecular complexity index is 1180. The third-order valence-corrected chi connectivity index (χ3v) is 6.26. The molecule has 0 unspecified atom stereocenters. The Kier molecular flexibility index (Phi) is 5.42. The van der Waals surface area contributed by atoms with Crippen molar-refractivity contribution in [3.05, 3.63) is 117 Å². The molecule has 0 bridgehead atoms. The number of benzene rings is 3. The topological polar surface area (TPSA) is 0 Å². The minimum atomic E-state index is -0.805. The zero-order valence-corrected chi connectivity index (χ0v) is 17.8. The molecule has 30 heavy (non-hydrogen) atoms. The Morgan fingerprint density at radius 2 is 1.60 bits per heavy atom. The molecule has 0 nitrogen and oxygen atoms in total. The van der Waals surface area contributed by atoms with Gasteiger partial charge in [-0.05, 0) is 108 Å². The van der Waals surface area contributed by atoms with Gasteiger partial charge in [0.25, 0.3) is 0 Å². The first kappa shape index (κ1) is 20.3. The highest BCUT2D eigenvalue weighted by molar-refractivity contribution is 5.94. The molecule has 0 aromatic heterocycles. The quantitative estimate of drug-likeness (QED) is 0.424. The van der Waals surface area contributed by atoms with Crippen molar-refractivity contribution in [2.75, 3.05) is 0 Å². The summed E-state index contributed by atoms with van der Waals surface area (Å²) in [6, 6.07) is 17.2. The molecule has 0 heterocycles. The van der Waals surface area contributed by atoms with Crippen molar-refractivity contribution in [3.8, 4) is 0 Å². The van der Waals surface area contributed by atoms with E-state index in [0.717, 1.165) is 24.0 Å². The largest absolute Gasteiger partial charge is 0.204 e. The Morgan fingerprint density at radius 1 is 0.800 bits per heavy atom. The summed E-state index contributed by atoms with van der Waals surface area (Å²) in [7, 11) is 0. The lowest BCUT2D eigenvalue weighted by Gasteiger charge is -2.28. The van der Waals surface area contributed by atoms with Gasteiger partial charge in [-0.25, -0.2) is 8.78 Å². The summed E-state index contributed by atoms with van der Waals surface area (Å²) >= 11 is 0. The number of halogens is 2. The molecular weight excluding hydrogens is 374 g/mol. The summed E-state index contributed by atoms with van der Waals surface area (Å²) in [5.74, 6) is -1.60. The molecule has 4 rings (SSSR count). The summed E-state index contributed by atoms with van der Waals surface area (Å²) in [4.78, 5) is 0. The van der Waals surface area contributed by atoms with E-state index in [2.05, 4.69) is 63.7 Å². The monoisotopic (exact) mass is 400 g/mol. The fraction of sp³-hybridized carbons (Fsp3) is 0.214. The predicted molar refractivity (Wildman–Crippen MR) is 121 cm³/mol. The van der Waals surface area contributed by atoms with Crippen molar-refractivity contribution in [1.82, 2.24) is 0 Å². The molecule has 1 aliphatic carbocycles. The maximum absolute atomic E-state index is 13.7. The number of rotatable bonds is 4. The Balaban J connectivity index is 1.78. The summed E-state index contributed by atoms with van der Waals surface area (Å²) in [6.45, 7) is 10.8. The first-order chi connectivity index (χ1) is 14.3. The van der Waals surface area contributed by atoms with Gasteiger partial charge in [-0.1, -0.05) is 49.0 Å². The standard InChI is InChI=1S/C28H26F2/c1-17-8-11-22(14-19(17)3)25-16-23-7-5-6-18(2)28(23)20(4)24(25)12-9-21-10-13-26(29)27(30)15-21/h5-8,10-11,13-15H,4,9,12,16H2,1-3H3. The molecule has 2 heteroatoms. The highest BCUT2D eigenvalue weighted by Gasteiger charge is 2.24. The smallest absolute Gasteiger partial charge is 0.159 e. The summed E-state index contributed by atoms with van der Waals surface area (Å²) in [5.41, 5.74) is 11.8. The van der Waals surface area contributed by atoms with Gasteiger partial charge in [-0.2, -0.15) is 0 Å². The first-order valence-corrected chi connectivity index (χ1v) is 10.4. The summed E-state index contributed by atoms with van der Waals surface area (Å²) in [5, 5.41) is 0. The number of hydrogen-bond donors (Lipinski definition) is 0. The van der Waals surface area contributed by atoms with Crippen molar-refractivity contribution in [3.63, 3.8) is 0 Å². The van der Waals surface area contributed by atoms with Crippen molar-refractivity contribution in [2.24, 2.45) is 0 Å². The van der Waals surface area contributed by atoms with Crippen LogP contribution in [-0.4, -0.2) is 0 Å². The molecule has 0 atom stereocenters. The Morgan fingerprint density at radius 3 is 2.33 bits per heavy atom. The van der Waals surface area contributed by atoms with E-state index in [0.29, 0.717) is 6.42 Å². The summed E-state index contributed by atoms with van der Waals surface area (Å²) in [6.07, 6.45) is 2.23. The van der Waals surface area contributed by atoms with Gasteiger partial charge < -0.3 is 0 Å². The molecule has 0 fully saturated rings. The molecule has 152 valence electrons. The van der Waals surface area contributed by atoms with Crippen molar-refractivity contribution < 1.29 is 8.78 Å². The normalized spacial score (nSPS) is 13.6. The van der Waals surface area contributed by atoms with Crippen LogP contribution in [-0.2, 0) is 12.8 Å². The van der Waals surface area contributed by atoms with Crippen LogP contribution in [0.2, 0.25) is 0 Å². The van der Waals surface area contributed by atoms with E-state index in [1.807, 2.05) is 0 Å². The molecule has 0 aliphatic heterocycles. The zero-order valence-electron chi connectivity index (χ0n) is 17.8. The van der Waals surface area contributed by atoms with Crippen LogP contribution in [0.3, 0.4) is 0 Å². The molecule has 3 aromatic carbocycles. The molecule has 0 saturated carbocycles. The van der Waals surface area contributed by atoms with E-state index < -0.39 is 11.6 Å². The van der Waals surface area contributed by atoms with E-state index in [9.17, 15) is 8.78 Å². The highest BCUT2D eigenvalue weighted by atomic mass is 19.2. The number of hydrogen-bond acceptors (Lipinski definition) is 0. The molecule has 0 spiro atoms. The van der Waals surface area contributed by atoms with Gasteiger partial charge in [-0.3, -0.25) is 0 Å². The second-order valence-corrected chi connectivity index (χ2v) is 8.27. The molecule has 0 saturated heterocycles. The number of aryl methyl sites for hydroxylation is 4. The first-order valence-electron chi connectivity index (χ1n) is 10.4. The van der Waals surface area contributed by atoms with Gasteiger partial charge in [0.2, 0.25) is 0 Å². The van der Waals surface area contributed by atoms with Crippen LogP contribution in [0, 0.1) is 32.4 Å². The van der Waals surface area contributed by atoms with Crippen LogP contribution in [0.1, 0.15) is 45.4 Å². The maximum Gasteiger partial charge on any atom is 0.159 e. The third kappa shape index (κ3) is 3.75. The van der Waals surface area contributed by atoms with Crippen LogP contribution in [0.5, 0.6) is 0 Å². The van der Waals surface area contributed by atoms with Gasteiger partial charge >= 0.3 is 0 Å². The predicted octanol–water partition coefficient (Wildman–Crippen LogP) is 7.55. The van der Waals surface area contributed by atoms with Crippen molar-refractivity contribution in [1.29, 1.82) is 0 Å². The number of fused-ring (bicyclic) bond motifs is 1. The van der Waals surface area contributed by atoms with Crippen molar-refractivity contribution in [2.45, 2.75) is 40.0 Å². The molecule has 1 aliphatic rings. The SMILES string of the molecule is C=C1C(CCc2ccc(F)c(F)c2)=C(c2ccc(C)c(C)c2)Cc2cccc(C)c21. The van der Waals surface area contributed by atoms with E-state index in [1.165, 1.54) is 56.7 Å². The van der Waals surface area contributed by atoms with E-state index in [1.54, 1.807) is 6.07 Å². The Labute approximate surface area is 177 Å². The lowest BCUT2D eigenvalue weighted by atomic mass is 9.76. The number of allylic oxidation sites excluding steroid dienone is 3. The van der Waals surface area contributed by atoms with E-state index >= 15 is 0 Å². The second kappa shape index (κ2) is 8.02. The van der Waals surface area contributed by atoms with Crippen LogP contribution < -0.4 is 0 Å². The van der Waals surface area contributed by atoms with Gasteiger partial charge in [0, 0.05) is 0 Å². The van der Waals surface area contributed by atoms with E-state index in [-0.39, 0.29) is 0 Å². The fourth-order valence-electron chi connectivity index (χ4n) is 4.41. The zero-order chi connectivity index (χ0) is 21.4. The van der Waals surface area contributed by atoms with Gasteiger partial charge in [0.1, 0.15) is 0 Å². The van der Waals surface area contributed by atoms with Crippen LogP contribution in [0.25, 0.3) is 11.1 Å². The van der Waals surface area contributed by atoms with Crippen LogP contribution in [0.4, 0.5) is 8.78 Å².